The van der Waals surface area contributed by atoms with Crippen molar-refractivity contribution in [1.82, 2.24) is 24.5 Å². The molecule has 4 rings (SSSR count). The highest BCUT2D eigenvalue weighted by Gasteiger charge is 2.36. The van der Waals surface area contributed by atoms with Gasteiger partial charge in [0.25, 0.3) is 11.7 Å². The number of halogens is 3. The smallest absolute Gasteiger partial charge is 0.433 e. The Morgan fingerprint density at radius 2 is 1.87 bits per heavy atom. The maximum Gasteiger partial charge on any atom is 0.433 e. The van der Waals surface area contributed by atoms with Crippen LogP contribution in [0.5, 0.6) is 0 Å². The number of methoxy groups -OCH3 is 1. The van der Waals surface area contributed by atoms with Gasteiger partial charge in [-0.2, -0.15) is 27.8 Å². The molecule has 0 bridgehead atoms. The van der Waals surface area contributed by atoms with Gasteiger partial charge in [0.15, 0.2) is 5.69 Å². The van der Waals surface area contributed by atoms with Gasteiger partial charge in [-0.05, 0) is 43.2 Å². The van der Waals surface area contributed by atoms with E-state index in [-0.39, 0.29) is 29.8 Å². The molecule has 1 fully saturated rings. The SMILES string of the molecule is COC(=O)c1ccc(C(=O)N2CCCC(c3cc(C(F)(F)F)n4ncnc4n3)C2)cc1. The zero-order chi connectivity index (χ0) is 22.2. The van der Waals surface area contributed by atoms with Crippen LogP contribution in [0.4, 0.5) is 13.2 Å². The molecule has 1 aliphatic heterocycles. The number of amides is 1. The standard InChI is InChI=1S/C20H18F3N5O3/c1-31-18(30)13-6-4-12(5-7-13)17(29)27-8-2-3-14(10-27)15-9-16(20(21,22)23)28-19(26-15)24-11-25-28/h4-7,9,11,14H,2-3,8,10H2,1H3. The maximum absolute atomic E-state index is 13.5. The van der Waals surface area contributed by atoms with Gasteiger partial charge in [0.1, 0.15) is 6.33 Å². The molecule has 8 nitrogen and oxygen atoms in total. The van der Waals surface area contributed by atoms with Crippen LogP contribution in [0.1, 0.15) is 50.9 Å². The predicted molar refractivity (Wildman–Crippen MR) is 101 cm³/mol. The number of hydrogen-bond donors (Lipinski definition) is 0. The molecule has 11 heteroatoms. The summed E-state index contributed by atoms with van der Waals surface area (Å²) in [6.07, 6.45) is -2.37. The second-order valence-electron chi connectivity index (χ2n) is 7.20. The number of ether oxygens (including phenoxy) is 1. The van der Waals surface area contributed by atoms with Crippen molar-refractivity contribution in [3.63, 3.8) is 0 Å². The fraction of sp³-hybridized carbons (Fsp3) is 0.350. The highest BCUT2D eigenvalue weighted by molar-refractivity contribution is 5.96. The first-order valence-electron chi connectivity index (χ1n) is 9.53. The predicted octanol–water partition coefficient (Wildman–Crippen LogP) is 2.95. The van der Waals surface area contributed by atoms with Crippen LogP contribution < -0.4 is 0 Å². The van der Waals surface area contributed by atoms with Gasteiger partial charge in [0, 0.05) is 24.6 Å². The summed E-state index contributed by atoms with van der Waals surface area (Å²) in [7, 11) is 1.27. The number of rotatable bonds is 3. The number of aromatic nitrogens is 4. The Balaban J connectivity index is 1.57. The normalized spacial score (nSPS) is 17.0. The Kier molecular flexibility index (Phi) is 5.34. The first-order valence-corrected chi connectivity index (χ1v) is 9.53. The van der Waals surface area contributed by atoms with Gasteiger partial charge in [-0.25, -0.2) is 9.78 Å². The molecule has 0 aliphatic carbocycles. The third-order valence-corrected chi connectivity index (χ3v) is 5.24. The Labute approximate surface area is 174 Å². The number of benzene rings is 1. The lowest BCUT2D eigenvalue weighted by atomic mass is 9.93. The van der Waals surface area contributed by atoms with Gasteiger partial charge in [0.2, 0.25) is 0 Å². The number of carbonyl (C=O) groups is 2. The molecule has 1 aromatic carbocycles. The van der Waals surface area contributed by atoms with E-state index >= 15 is 0 Å². The molecule has 1 aliphatic rings. The number of esters is 1. The maximum atomic E-state index is 13.5. The summed E-state index contributed by atoms with van der Waals surface area (Å²) in [5, 5.41) is 3.61. The number of likely N-dealkylation sites (tertiary alicyclic amines) is 1. The van der Waals surface area contributed by atoms with Crippen LogP contribution >= 0.6 is 0 Å². The molecule has 3 aromatic rings. The first kappa shape index (κ1) is 20.8. The van der Waals surface area contributed by atoms with E-state index in [1.165, 1.54) is 31.4 Å². The van der Waals surface area contributed by atoms with Crippen molar-refractivity contribution >= 4 is 17.7 Å². The largest absolute Gasteiger partial charge is 0.465 e. The second kappa shape index (κ2) is 7.97. The van der Waals surface area contributed by atoms with Crippen molar-refractivity contribution in [2.45, 2.75) is 24.9 Å². The summed E-state index contributed by atoms with van der Waals surface area (Å²) in [4.78, 5) is 34.1. The summed E-state index contributed by atoms with van der Waals surface area (Å²) in [5.41, 5.74) is -0.0237. The van der Waals surface area contributed by atoms with E-state index in [1.54, 1.807) is 4.90 Å². The fourth-order valence-corrected chi connectivity index (χ4v) is 3.69. The fourth-order valence-electron chi connectivity index (χ4n) is 3.69. The minimum absolute atomic E-state index is 0.133. The van der Waals surface area contributed by atoms with Crippen LogP contribution in [0, 0.1) is 0 Å². The van der Waals surface area contributed by atoms with E-state index in [4.69, 9.17) is 0 Å². The molecular weight excluding hydrogens is 415 g/mol. The van der Waals surface area contributed by atoms with Crippen LogP contribution in [0.3, 0.4) is 0 Å². The zero-order valence-corrected chi connectivity index (χ0v) is 16.5. The highest BCUT2D eigenvalue weighted by Crippen LogP contribution is 2.33. The quantitative estimate of drug-likeness (QED) is 0.590. The summed E-state index contributed by atoms with van der Waals surface area (Å²) in [5.74, 6) is -1.27. The summed E-state index contributed by atoms with van der Waals surface area (Å²) in [6.45, 7) is 0.708. The topological polar surface area (TPSA) is 89.7 Å². The lowest BCUT2D eigenvalue weighted by Crippen LogP contribution is -2.39. The molecule has 1 atom stereocenters. The van der Waals surface area contributed by atoms with Crippen LogP contribution in [0.15, 0.2) is 36.7 Å². The van der Waals surface area contributed by atoms with Crippen molar-refractivity contribution in [3.8, 4) is 0 Å². The Morgan fingerprint density at radius 1 is 1.16 bits per heavy atom. The Bertz CT molecular complexity index is 1130. The molecule has 2 aromatic heterocycles. The van der Waals surface area contributed by atoms with Crippen molar-refractivity contribution in [2.75, 3.05) is 20.2 Å². The lowest BCUT2D eigenvalue weighted by molar-refractivity contribution is -0.142. The number of carbonyl (C=O) groups excluding carboxylic acids is 2. The molecule has 162 valence electrons. The third kappa shape index (κ3) is 4.07. The molecule has 0 N–H and O–H groups in total. The second-order valence-corrected chi connectivity index (χ2v) is 7.20. The minimum atomic E-state index is -4.62. The van der Waals surface area contributed by atoms with E-state index in [0.717, 1.165) is 12.4 Å². The molecule has 0 radical (unpaired) electrons. The number of alkyl halides is 3. The van der Waals surface area contributed by atoms with Crippen molar-refractivity contribution in [2.24, 2.45) is 0 Å². The van der Waals surface area contributed by atoms with E-state index < -0.39 is 17.8 Å². The molecular formula is C20H18F3N5O3. The van der Waals surface area contributed by atoms with Crippen LogP contribution in [-0.4, -0.2) is 56.6 Å². The lowest BCUT2D eigenvalue weighted by Gasteiger charge is -2.32. The average molecular weight is 433 g/mol. The van der Waals surface area contributed by atoms with Crippen LogP contribution in [-0.2, 0) is 10.9 Å². The molecule has 3 heterocycles. The summed E-state index contributed by atoms with van der Waals surface area (Å²) < 4.78 is 45.7. The van der Waals surface area contributed by atoms with Gasteiger partial charge in [-0.15, -0.1) is 0 Å². The molecule has 31 heavy (non-hydrogen) atoms. The van der Waals surface area contributed by atoms with E-state index in [9.17, 15) is 22.8 Å². The molecule has 0 saturated carbocycles. The van der Waals surface area contributed by atoms with Crippen molar-refractivity contribution in [3.05, 3.63) is 59.2 Å². The van der Waals surface area contributed by atoms with E-state index in [1.807, 2.05) is 0 Å². The van der Waals surface area contributed by atoms with Crippen LogP contribution in [0.25, 0.3) is 5.78 Å². The van der Waals surface area contributed by atoms with Crippen molar-refractivity contribution in [1.29, 1.82) is 0 Å². The molecule has 1 unspecified atom stereocenters. The molecule has 1 saturated heterocycles. The van der Waals surface area contributed by atoms with Gasteiger partial charge in [0.05, 0.1) is 18.4 Å². The van der Waals surface area contributed by atoms with Crippen LogP contribution in [0.2, 0.25) is 0 Å². The highest BCUT2D eigenvalue weighted by atomic mass is 19.4. The number of fused-ring (bicyclic) bond motifs is 1. The third-order valence-electron chi connectivity index (χ3n) is 5.24. The van der Waals surface area contributed by atoms with E-state index in [0.29, 0.717) is 35.0 Å². The average Bonchev–Trinajstić information content (AvgIpc) is 3.25. The summed E-state index contributed by atoms with van der Waals surface area (Å²) >= 11 is 0. The van der Waals surface area contributed by atoms with Crippen molar-refractivity contribution < 1.29 is 27.5 Å². The van der Waals surface area contributed by atoms with Gasteiger partial charge in [-0.1, -0.05) is 0 Å². The number of piperidine rings is 1. The monoisotopic (exact) mass is 433 g/mol. The number of hydrogen-bond acceptors (Lipinski definition) is 6. The van der Waals surface area contributed by atoms with E-state index in [2.05, 4.69) is 19.8 Å². The zero-order valence-electron chi connectivity index (χ0n) is 16.5. The van der Waals surface area contributed by atoms with Gasteiger partial charge < -0.3 is 9.64 Å². The Morgan fingerprint density at radius 3 is 2.55 bits per heavy atom. The molecule has 0 spiro atoms. The first-order chi connectivity index (χ1) is 14.8. The minimum Gasteiger partial charge on any atom is -0.465 e. The van der Waals surface area contributed by atoms with Gasteiger partial charge >= 0.3 is 12.1 Å². The number of nitrogens with zero attached hydrogens (tertiary/aromatic N) is 5. The summed E-state index contributed by atoms with van der Waals surface area (Å²) in [6, 6.07) is 7.03. The van der Waals surface area contributed by atoms with Gasteiger partial charge in [-0.3, -0.25) is 4.79 Å². The Hall–Kier alpha value is -3.50. The molecule has 1 amide bonds.